The largest absolute Gasteiger partial charge is 0.507 e. The summed E-state index contributed by atoms with van der Waals surface area (Å²) < 4.78 is 10.1. The SMILES string of the molecule is COCCN(CCOC)c1ccc(C(C)=O)c(O)c1. The van der Waals surface area contributed by atoms with Gasteiger partial charge in [0, 0.05) is 39.1 Å². The molecule has 1 N–H and O–H groups in total. The Labute approximate surface area is 113 Å². The van der Waals surface area contributed by atoms with Crippen LogP contribution in [0.3, 0.4) is 0 Å². The van der Waals surface area contributed by atoms with Crippen LogP contribution in [0.4, 0.5) is 5.69 Å². The molecule has 0 radical (unpaired) electrons. The molecule has 0 unspecified atom stereocenters. The molecule has 5 heteroatoms. The van der Waals surface area contributed by atoms with Crippen LogP contribution in [0.15, 0.2) is 18.2 Å². The first-order chi connectivity index (χ1) is 9.10. The second-order valence-electron chi connectivity index (χ2n) is 4.23. The van der Waals surface area contributed by atoms with E-state index in [1.807, 2.05) is 11.0 Å². The number of hydrogen-bond acceptors (Lipinski definition) is 5. The van der Waals surface area contributed by atoms with Crippen molar-refractivity contribution in [3.8, 4) is 5.75 Å². The molecule has 0 bridgehead atoms. The summed E-state index contributed by atoms with van der Waals surface area (Å²) in [7, 11) is 3.29. The minimum absolute atomic E-state index is 0.00448. The number of carbonyl (C=O) groups excluding carboxylic acids is 1. The number of carbonyl (C=O) groups is 1. The van der Waals surface area contributed by atoms with Crippen molar-refractivity contribution in [2.24, 2.45) is 0 Å². The Balaban J connectivity index is 2.88. The van der Waals surface area contributed by atoms with Gasteiger partial charge in [-0.1, -0.05) is 0 Å². The molecule has 5 nitrogen and oxygen atoms in total. The number of phenolic OH excluding ortho intramolecular Hbond substituents is 1. The third kappa shape index (κ3) is 4.54. The van der Waals surface area contributed by atoms with Gasteiger partial charge in [0.05, 0.1) is 18.8 Å². The van der Waals surface area contributed by atoms with Gasteiger partial charge in [0.15, 0.2) is 5.78 Å². The van der Waals surface area contributed by atoms with Crippen LogP contribution in [-0.4, -0.2) is 51.4 Å². The van der Waals surface area contributed by atoms with E-state index in [0.717, 1.165) is 5.69 Å². The van der Waals surface area contributed by atoms with Crippen molar-refractivity contribution in [3.63, 3.8) is 0 Å². The molecule has 1 rings (SSSR count). The maximum Gasteiger partial charge on any atom is 0.163 e. The summed E-state index contributed by atoms with van der Waals surface area (Å²) in [5.74, 6) is -0.144. The van der Waals surface area contributed by atoms with Crippen molar-refractivity contribution >= 4 is 11.5 Å². The van der Waals surface area contributed by atoms with Crippen LogP contribution in [0.1, 0.15) is 17.3 Å². The van der Waals surface area contributed by atoms with E-state index in [-0.39, 0.29) is 11.5 Å². The molecule has 0 saturated carbocycles. The maximum absolute atomic E-state index is 11.3. The summed E-state index contributed by atoms with van der Waals surface area (Å²) in [6.45, 7) is 3.98. The van der Waals surface area contributed by atoms with Gasteiger partial charge in [-0.05, 0) is 19.1 Å². The highest BCUT2D eigenvalue weighted by molar-refractivity contribution is 5.97. The Hall–Kier alpha value is -1.59. The topological polar surface area (TPSA) is 59.0 Å². The van der Waals surface area contributed by atoms with E-state index in [1.54, 1.807) is 26.4 Å². The molecular formula is C14H21NO4. The average molecular weight is 267 g/mol. The van der Waals surface area contributed by atoms with E-state index >= 15 is 0 Å². The second kappa shape index (κ2) is 7.76. The molecule has 0 saturated heterocycles. The quantitative estimate of drug-likeness (QED) is 0.726. The lowest BCUT2D eigenvalue weighted by atomic mass is 10.1. The van der Waals surface area contributed by atoms with Gasteiger partial charge >= 0.3 is 0 Å². The molecule has 106 valence electrons. The lowest BCUT2D eigenvalue weighted by Gasteiger charge is -2.24. The number of rotatable bonds is 8. The molecule has 0 atom stereocenters. The summed E-state index contributed by atoms with van der Waals surface area (Å²) >= 11 is 0. The predicted octanol–water partition coefficient (Wildman–Crippen LogP) is 1.69. The van der Waals surface area contributed by atoms with Gasteiger partial charge in [-0.2, -0.15) is 0 Å². The monoisotopic (exact) mass is 267 g/mol. The lowest BCUT2D eigenvalue weighted by Crippen LogP contribution is -2.30. The minimum atomic E-state index is -0.149. The molecule has 0 aliphatic heterocycles. The molecular weight excluding hydrogens is 246 g/mol. The summed E-state index contributed by atoms with van der Waals surface area (Å²) in [5.41, 5.74) is 1.18. The van der Waals surface area contributed by atoms with Crippen LogP contribution >= 0.6 is 0 Å². The Morgan fingerprint density at radius 3 is 2.21 bits per heavy atom. The van der Waals surface area contributed by atoms with Gasteiger partial charge in [0.25, 0.3) is 0 Å². The lowest BCUT2D eigenvalue weighted by molar-refractivity contribution is 0.101. The molecule has 0 spiro atoms. The average Bonchev–Trinajstić information content (AvgIpc) is 2.38. The van der Waals surface area contributed by atoms with Gasteiger partial charge in [-0.3, -0.25) is 4.79 Å². The van der Waals surface area contributed by atoms with Gasteiger partial charge in [0.1, 0.15) is 5.75 Å². The van der Waals surface area contributed by atoms with Crippen LogP contribution in [0.5, 0.6) is 5.75 Å². The first-order valence-electron chi connectivity index (χ1n) is 6.17. The van der Waals surface area contributed by atoms with E-state index < -0.39 is 0 Å². The maximum atomic E-state index is 11.3. The normalized spacial score (nSPS) is 10.5. The van der Waals surface area contributed by atoms with Gasteiger partial charge < -0.3 is 19.5 Å². The molecule has 0 aliphatic carbocycles. The first kappa shape index (κ1) is 15.5. The van der Waals surface area contributed by atoms with E-state index in [0.29, 0.717) is 31.9 Å². The number of ether oxygens (including phenoxy) is 2. The molecule has 0 heterocycles. The number of Topliss-reactive ketones (excluding diaryl/α,β-unsaturated/α-hetero) is 1. The highest BCUT2D eigenvalue weighted by Crippen LogP contribution is 2.25. The second-order valence-corrected chi connectivity index (χ2v) is 4.23. The highest BCUT2D eigenvalue weighted by atomic mass is 16.5. The number of benzene rings is 1. The fourth-order valence-electron chi connectivity index (χ4n) is 1.79. The van der Waals surface area contributed by atoms with Crippen molar-refractivity contribution in [2.75, 3.05) is 45.4 Å². The number of methoxy groups -OCH3 is 2. The van der Waals surface area contributed by atoms with Crippen LogP contribution < -0.4 is 4.90 Å². The van der Waals surface area contributed by atoms with Crippen molar-refractivity contribution in [3.05, 3.63) is 23.8 Å². The summed E-state index contributed by atoms with van der Waals surface area (Å²) in [4.78, 5) is 13.3. The third-order valence-electron chi connectivity index (χ3n) is 2.86. The molecule has 0 fully saturated rings. The van der Waals surface area contributed by atoms with E-state index in [1.165, 1.54) is 6.92 Å². The number of ketones is 1. The predicted molar refractivity (Wildman–Crippen MR) is 74.1 cm³/mol. The third-order valence-corrected chi connectivity index (χ3v) is 2.86. The standard InChI is InChI=1S/C14H21NO4/c1-11(16)13-5-4-12(10-14(13)17)15(6-8-18-2)7-9-19-3/h4-5,10,17H,6-9H2,1-3H3. The molecule has 0 aromatic heterocycles. The van der Waals surface area contributed by atoms with E-state index in [4.69, 9.17) is 9.47 Å². The number of anilines is 1. The Bertz CT molecular complexity index is 412. The first-order valence-corrected chi connectivity index (χ1v) is 6.17. The zero-order valence-electron chi connectivity index (χ0n) is 11.7. The molecule has 0 aliphatic rings. The molecule has 1 aromatic carbocycles. The fraction of sp³-hybridized carbons (Fsp3) is 0.500. The number of phenols is 1. The Morgan fingerprint density at radius 1 is 1.21 bits per heavy atom. The van der Waals surface area contributed by atoms with Crippen LogP contribution in [-0.2, 0) is 9.47 Å². The number of hydrogen-bond donors (Lipinski definition) is 1. The highest BCUT2D eigenvalue weighted by Gasteiger charge is 2.11. The Kier molecular flexibility index (Phi) is 6.32. The number of aromatic hydroxyl groups is 1. The number of nitrogens with zero attached hydrogens (tertiary/aromatic N) is 1. The molecule has 1 aromatic rings. The van der Waals surface area contributed by atoms with Gasteiger partial charge in [-0.25, -0.2) is 0 Å². The van der Waals surface area contributed by atoms with Crippen molar-refractivity contribution in [1.82, 2.24) is 0 Å². The fourth-order valence-corrected chi connectivity index (χ4v) is 1.79. The zero-order chi connectivity index (χ0) is 14.3. The van der Waals surface area contributed by atoms with Gasteiger partial charge in [0.2, 0.25) is 0 Å². The zero-order valence-corrected chi connectivity index (χ0v) is 11.7. The smallest absolute Gasteiger partial charge is 0.163 e. The Morgan fingerprint density at radius 2 is 1.79 bits per heavy atom. The van der Waals surface area contributed by atoms with Crippen molar-refractivity contribution in [2.45, 2.75) is 6.92 Å². The van der Waals surface area contributed by atoms with Crippen LogP contribution in [0.25, 0.3) is 0 Å². The minimum Gasteiger partial charge on any atom is -0.507 e. The van der Waals surface area contributed by atoms with E-state index in [9.17, 15) is 9.90 Å². The van der Waals surface area contributed by atoms with Crippen molar-refractivity contribution in [1.29, 1.82) is 0 Å². The summed E-state index contributed by atoms with van der Waals surface area (Å²) in [6.07, 6.45) is 0. The molecule has 19 heavy (non-hydrogen) atoms. The molecule has 0 amide bonds. The van der Waals surface area contributed by atoms with E-state index in [2.05, 4.69) is 0 Å². The summed E-state index contributed by atoms with van der Waals surface area (Å²) in [6, 6.07) is 5.06. The van der Waals surface area contributed by atoms with Crippen molar-refractivity contribution < 1.29 is 19.4 Å². The van der Waals surface area contributed by atoms with Crippen LogP contribution in [0, 0.1) is 0 Å². The van der Waals surface area contributed by atoms with Gasteiger partial charge in [-0.15, -0.1) is 0 Å². The van der Waals surface area contributed by atoms with Crippen LogP contribution in [0.2, 0.25) is 0 Å². The summed E-state index contributed by atoms with van der Waals surface area (Å²) in [5, 5.41) is 9.85.